The maximum absolute atomic E-state index is 11.7. The Balaban J connectivity index is 1.84. The second-order valence-electron chi connectivity index (χ2n) is 7.98. The Hall–Kier alpha value is -1.59. The molecule has 0 aromatic heterocycles. The Morgan fingerprint density at radius 2 is 2.13 bits per heavy atom. The van der Waals surface area contributed by atoms with E-state index in [9.17, 15) is 9.90 Å². The van der Waals surface area contributed by atoms with E-state index in [1.54, 1.807) is 0 Å². The lowest BCUT2D eigenvalue weighted by Crippen LogP contribution is -2.48. The van der Waals surface area contributed by atoms with Crippen LogP contribution in [0.2, 0.25) is 0 Å². The molecule has 5 atom stereocenters. The van der Waals surface area contributed by atoms with Crippen molar-refractivity contribution >= 4 is 5.78 Å². The van der Waals surface area contributed by atoms with Crippen LogP contribution in [0.15, 0.2) is 34.9 Å². The van der Waals surface area contributed by atoms with Crippen molar-refractivity contribution in [1.29, 1.82) is 0 Å². The fourth-order valence-corrected chi connectivity index (χ4v) is 5.65. The van der Waals surface area contributed by atoms with Crippen molar-refractivity contribution in [2.24, 2.45) is 23.2 Å². The van der Waals surface area contributed by atoms with Crippen LogP contribution in [0.5, 0.6) is 0 Å². The highest BCUT2D eigenvalue weighted by molar-refractivity contribution is 5.93. The molecule has 0 heterocycles. The van der Waals surface area contributed by atoms with Crippen molar-refractivity contribution in [2.75, 3.05) is 0 Å². The quantitative estimate of drug-likeness (QED) is 0.695. The first-order valence-corrected chi connectivity index (χ1v) is 8.77. The van der Waals surface area contributed by atoms with Gasteiger partial charge in [0.2, 0.25) is 0 Å². The van der Waals surface area contributed by atoms with Crippen LogP contribution in [-0.2, 0) is 4.79 Å². The molecule has 0 aliphatic heterocycles. The lowest BCUT2D eigenvalue weighted by molar-refractivity contribution is -0.114. The Morgan fingerprint density at radius 1 is 1.35 bits per heavy atom. The first kappa shape index (κ1) is 15.0. The van der Waals surface area contributed by atoms with E-state index in [4.69, 9.17) is 6.42 Å². The Bertz CT molecular complexity index is 717. The van der Waals surface area contributed by atoms with Crippen molar-refractivity contribution in [3.05, 3.63) is 34.9 Å². The lowest BCUT2D eigenvalue weighted by Gasteiger charge is -2.47. The average molecular weight is 308 g/mol. The monoisotopic (exact) mass is 308 g/mol. The second-order valence-corrected chi connectivity index (χ2v) is 7.98. The van der Waals surface area contributed by atoms with Gasteiger partial charge in [-0.25, -0.2) is 0 Å². The molecule has 1 fully saturated rings. The van der Waals surface area contributed by atoms with Crippen LogP contribution in [-0.4, -0.2) is 16.5 Å². The molecule has 1 N–H and O–H groups in total. The van der Waals surface area contributed by atoms with Gasteiger partial charge in [-0.05, 0) is 66.2 Å². The number of allylic oxidation sites excluding steroid dienone is 5. The van der Waals surface area contributed by atoms with Crippen LogP contribution < -0.4 is 0 Å². The van der Waals surface area contributed by atoms with Gasteiger partial charge in [-0.3, -0.25) is 4.79 Å². The van der Waals surface area contributed by atoms with Gasteiger partial charge in [0.1, 0.15) is 5.60 Å². The second kappa shape index (κ2) is 4.71. The minimum Gasteiger partial charge on any atom is -0.376 e. The molecule has 0 spiro atoms. The topological polar surface area (TPSA) is 37.3 Å². The molecule has 1 saturated carbocycles. The predicted molar refractivity (Wildman–Crippen MR) is 90.4 cm³/mol. The number of carbonyl (C=O) groups excluding carboxylic acids is 1. The molecule has 120 valence electrons. The molecular weight excluding hydrogens is 284 g/mol. The van der Waals surface area contributed by atoms with Crippen LogP contribution >= 0.6 is 0 Å². The zero-order chi connectivity index (χ0) is 16.4. The zero-order valence-electron chi connectivity index (χ0n) is 13.9. The molecule has 23 heavy (non-hydrogen) atoms. The number of rotatable bonds is 0. The molecule has 4 aliphatic carbocycles. The van der Waals surface area contributed by atoms with Gasteiger partial charge >= 0.3 is 0 Å². The summed E-state index contributed by atoms with van der Waals surface area (Å²) in [5, 5.41) is 11.1. The highest BCUT2D eigenvalue weighted by Crippen LogP contribution is 2.62. The van der Waals surface area contributed by atoms with Gasteiger partial charge in [-0.15, -0.1) is 6.42 Å². The van der Waals surface area contributed by atoms with Gasteiger partial charge in [0.05, 0.1) is 0 Å². The molecule has 0 aromatic rings. The number of hydrogen-bond donors (Lipinski definition) is 1. The number of carbonyl (C=O) groups is 1. The summed E-state index contributed by atoms with van der Waals surface area (Å²) in [6.07, 6.45) is 16.5. The lowest BCUT2D eigenvalue weighted by atomic mass is 9.58. The average Bonchev–Trinajstić information content (AvgIpc) is 2.75. The third-order valence-corrected chi connectivity index (χ3v) is 7.04. The summed E-state index contributed by atoms with van der Waals surface area (Å²) >= 11 is 0. The molecule has 0 amide bonds. The highest BCUT2D eigenvalue weighted by atomic mass is 16.3. The maximum atomic E-state index is 11.7. The minimum absolute atomic E-state index is 0.112. The van der Waals surface area contributed by atoms with Crippen LogP contribution in [0.1, 0.15) is 46.0 Å². The standard InChI is InChI=1S/C21H24O2/c1-4-21(23)13(2)11-19-18-7-5-14-12-15(22)6-8-16(14)17(18)9-10-20(19,21)3/h1,9-10,12-13,18-19,23H,5-8,11H2,2-3H3/t13-,18-,19+,20+,21+/m1/s1. The first-order valence-electron chi connectivity index (χ1n) is 8.77. The van der Waals surface area contributed by atoms with Gasteiger partial charge in [0.15, 0.2) is 5.78 Å². The normalized spacial score (nSPS) is 45.0. The Labute approximate surface area is 138 Å². The van der Waals surface area contributed by atoms with E-state index >= 15 is 0 Å². The zero-order valence-corrected chi connectivity index (χ0v) is 13.9. The molecule has 0 saturated heterocycles. The smallest absolute Gasteiger partial charge is 0.156 e. The number of ketones is 1. The summed E-state index contributed by atoms with van der Waals surface area (Å²) in [4.78, 5) is 11.7. The third-order valence-electron chi connectivity index (χ3n) is 7.04. The van der Waals surface area contributed by atoms with Gasteiger partial charge in [-0.2, -0.15) is 0 Å². The van der Waals surface area contributed by atoms with E-state index in [0.29, 0.717) is 18.3 Å². The summed E-state index contributed by atoms with van der Waals surface area (Å²) in [6, 6.07) is 0. The van der Waals surface area contributed by atoms with Crippen molar-refractivity contribution in [1.82, 2.24) is 0 Å². The van der Waals surface area contributed by atoms with E-state index in [1.165, 1.54) is 16.7 Å². The molecule has 2 nitrogen and oxygen atoms in total. The molecule has 0 bridgehead atoms. The SMILES string of the molecule is C#C[C@]1(O)[C@H](C)C[C@H]2[C@@H]3CCC4=CC(=O)CCC4=C3C=C[C@@]21C. The van der Waals surface area contributed by atoms with Crippen LogP contribution in [0.4, 0.5) is 0 Å². The summed E-state index contributed by atoms with van der Waals surface area (Å²) in [6.45, 7) is 4.21. The van der Waals surface area contributed by atoms with Crippen molar-refractivity contribution in [3.63, 3.8) is 0 Å². The summed E-state index contributed by atoms with van der Waals surface area (Å²) in [5.74, 6) is 3.96. The summed E-state index contributed by atoms with van der Waals surface area (Å²) in [7, 11) is 0. The van der Waals surface area contributed by atoms with Crippen LogP contribution in [0.25, 0.3) is 0 Å². The molecule has 0 radical (unpaired) electrons. The predicted octanol–water partition coefficient (Wildman–Crippen LogP) is 3.58. The number of aliphatic hydroxyl groups is 1. The van der Waals surface area contributed by atoms with Crippen molar-refractivity contribution in [2.45, 2.75) is 51.6 Å². The molecule has 0 aromatic carbocycles. The van der Waals surface area contributed by atoms with Gasteiger partial charge in [0, 0.05) is 11.8 Å². The maximum Gasteiger partial charge on any atom is 0.156 e. The largest absolute Gasteiger partial charge is 0.376 e. The van der Waals surface area contributed by atoms with Gasteiger partial charge in [-0.1, -0.05) is 31.9 Å². The van der Waals surface area contributed by atoms with E-state index in [0.717, 1.165) is 25.7 Å². The van der Waals surface area contributed by atoms with E-state index in [1.807, 2.05) is 6.08 Å². The summed E-state index contributed by atoms with van der Waals surface area (Å²) < 4.78 is 0. The molecule has 0 unspecified atom stereocenters. The highest BCUT2D eigenvalue weighted by Gasteiger charge is 2.62. The fraction of sp³-hybridized carbons (Fsp3) is 0.571. The fourth-order valence-electron chi connectivity index (χ4n) is 5.65. The van der Waals surface area contributed by atoms with Crippen molar-refractivity contribution in [3.8, 4) is 12.3 Å². The molecule has 4 rings (SSSR count). The molecule has 4 aliphatic rings. The van der Waals surface area contributed by atoms with E-state index in [2.05, 4.69) is 31.9 Å². The first-order chi connectivity index (χ1) is 10.9. The minimum atomic E-state index is -1.05. The van der Waals surface area contributed by atoms with E-state index in [-0.39, 0.29) is 17.1 Å². The Morgan fingerprint density at radius 3 is 2.87 bits per heavy atom. The number of terminal acetylenes is 1. The number of fused-ring (bicyclic) bond motifs is 4. The van der Waals surface area contributed by atoms with Gasteiger partial charge < -0.3 is 5.11 Å². The van der Waals surface area contributed by atoms with E-state index < -0.39 is 5.60 Å². The number of hydrogen-bond acceptors (Lipinski definition) is 2. The molecular formula is C21H24O2. The van der Waals surface area contributed by atoms with Gasteiger partial charge in [0.25, 0.3) is 0 Å². The van der Waals surface area contributed by atoms with Crippen LogP contribution in [0, 0.1) is 35.5 Å². The Kier molecular flexibility index (Phi) is 3.06. The third kappa shape index (κ3) is 1.78. The summed E-state index contributed by atoms with van der Waals surface area (Å²) in [5.41, 5.74) is 2.65. The van der Waals surface area contributed by atoms with Crippen molar-refractivity contribution < 1.29 is 9.90 Å². The molecule has 2 heteroatoms. The van der Waals surface area contributed by atoms with Crippen LogP contribution in [0.3, 0.4) is 0 Å².